The highest BCUT2D eigenvalue weighted by Gasteiger charge is 2.17. The Kier molecular flexibility index (Phi) is 4.25. The minimum Gasteiger partial charge on any atom is -0.366 e. The number of nitrogens with one attached hydrogen (secondary N) is 3. The molecular formula is C13H20N6S. The topological polar surface area (TPSA) is 78.5 Å². The molecule has 0 aliphatic carbocycles. The fraction of sp³-hybridized carbons (Fsp3) is 0.615. The molecule has 0 aromatic carbocycles. The van der Waals surface area contributed by atoms with Crippen LogP contribution in [0.4, 0.5) is 11.8 Å². The van der Waals surface area contributed by atoms with Gasteiger partial charge < -0.3 is 10.6 Å². The number of thioether (sulfide) groups is 1. The van der Waals surface area contributed by atoms with Crippen molar-refractivity contribution in [3.05, 3.63) is 6.20 Å². The quantitative estimate of drug-likeness (QED) is 0.786. The predicted molar refractivity (Wildman–Crippen MR) is 84.4 cm³/mol. The smallest absolute Gasteiger partial charge is 0.226 e. The zero-order valence-corrected chi connectivity index (χ0v) is 12.5. The number of anilines is 2. The predicted octanol–water partition coefficient (Wildman–Crippen LogP) is 2.48. The summed E-state index contributed by atoms with van der Waals surface area (Å²) in [4.78, 5) is 9.04. The molecule has 20 heavy (non-hydrogen) atoms. The zero-order chi connectivity index (χ0) is 13.8. The summed E-state index contributed by atoms with van der Waals surface area (Å²) in [5.74, 6) is 3.96. The molecule has 3 heterocycles. The number of H-pyrrole nitrogens is 1. The maximum Gasteiger partial charge on any atom is 0.226 e. The van der Waals surface area contributed by atoms with Crippen molar-refractivity contribution in [1.29, 1.82) is 0 Å². The van der Waals surface area contributed by atoms with E-state index < -0.39 is 0 Å². The van der Waals surface area contributed by atoms with Crippen LogP contribution >= 0.6 is 11.8 Å². The Morgan fingerprint density at radius 3 is 3.20 bits per heavy atom. The summed E-state index contributed by atoms with van der Waals surface area (Å²) in [6.45, 7) is 3.00. The Morgan fingerprint density at radius 1 is 1.45 bits per heavy atom. The van der Waals surface area contributed by atoms with Gasteiger partial charge in [-0.05, 0) is 25.0 Å². The van der Waals surface area contributed by atoms with Gasteiger partial charge in [0.2, 0.25) is 5.95 Å². The maximum atomic E-state index is 4.60. The van der Waals surface area contributed by atoms with Gasteiger partial charge in [-0.25, -0.2) is 0 Å². The van der Waals surface area contributed by atoms with Crippen LogP contribution in [0.15, 0.2) is 6.20 Å². The van der Waals surface area contributed by atoms with Crippen LogP contribution in [-0.4, -0.2) is 44.3 Å². The summed E-state index contributed by atoms with van der Waals surface area (Å²) in [7, 11) is 0. The normalized spacial score (nSPS) is 19.1. The first kappa shape index (κ1) is 13.5. The first-order chi connectivity index (χ1) is 9.86. The van der Waals surface area contributed by atoms with Gasteiger partial charge >= 0.3 is 0 Å². The molecule has 7 heteroatoms. The van der Waals surface area contributed by atoms with Crippen LogP contribution in [0.25, 0.3) is 11.0 Å². The molecule has 3 N–H and O–H groups in total. The van der Waals surface area contributed by atoms with Crippen molar-refractivity contribution < 1.29 is 0 Å². The summed E-state index contributed by atoms with van der Waals surface area (Å²) in [5.41, 5.74) is 0.782. The molecule has 108 valence electrons. The van der Waals surface area contributed by atoms with Crippen LogP contribution in [0, 0.1) is 0 Å². The molecule has 2 aromatic rings. The first-order valence-corrected chi connectivity index (χ1v) is 8.31. The van der Waals surface area contributed by atoms with Gasteiger partial charge in [-0.2, -0.15) is 26.8 Å². The summed E-state index contributed by atoms with van der Waals surface area (Å²) < 4.78 is 0. The van der Waals surface area contributed by atoms with Gasteiger partial charge in [0.25, 0.3) is 0 Å². The van der Waals surface area contributed by atoms with E-state index in [1.54, 1.807) is 6.20 Å². The van der Waals surface area contributed by atoms with Gasteiger partial charge in [0, 0.05) is 18.3 Å². The van der Waals surface area contributed by atoms with Crippen molar-refractivity contribution >= 4 is 34.6 Å². The average molecular weight is 292 g/mol. The van der Waals surface area contributed by atoms with E-state index in [0.29, 0.717) is 12.0 Å². The molecule has 3 rings (SSSR count). The molecule has 1 aliphatic heterocycles. The maximum absolute atomic E-state index is 4.60. The van der Waals surface area contributed by atoms with Crippen LogP contribution in [0.5, 0.6) is 0 Å². The zero-order valence-electron chi connectivity index (χ0n) is 11.6. The van der Waals surface area contributed by atoms with E-state index in [4.69, 9.17) is 0 Å². The Morgan fingerprint density at radius 2 is 2.40 bits per heavy atom. The number of nitrogens with zero attached hydrogens (tertiary/aromatic N) is 3. The van der Waals surface area contributed by atoms with Gasteiger partial charge in [-0.15, -0.1) is 0 Å². The van der Waals surface area contributed by atoms with Crippen molar-refractivity contribution in [3.63, 3.8) is 0 Å². The SMILES string of the molecule is CCCNc1nc(NC2CCCSC2)c2cn[nH]c2n1. The number of aromatic nitrogens is 4. The summed E-state index contributed by atoms with van der Waals surface area (Å²) >= 11 is 2.00. The lowest BCUT2D eigenvalue weighted by Gasteiger charge is -2.23. The van der Waals surface area contributed by atoms with Crippen molar-refractivity contribution in [2.75, 3.05) is 28.7 Å². The molecule has 1 fully saturated rings. The van der Waals surface area contributed by atoms with Gasteiger partial charge in [-0.3, -0.25) is 5.10 Å². The van der Waals surface area contributed by atoms with E-state index in [-0.39, 0.29) is 0 Å². The fourth-order valence-electron chi connectivity index (χ4n) is 2.31. The standard InChI is InChI=1S/C13H20N6S/c1-2-5-14-13-17-11(10-7-15-19-12(10)18-13)16-9-4-3-6-20-8-9/h7,9H,2-6,8H2,1H3,(H3,14,15,16,17,18,19). The molecular weight excluding hydrogens is 272 g/mol. The molecule has 0 bridgehead atoms. The van der Waals surface area contributed by atoms with Gasteiger partial charge in [0.1, 0.15) is 5.82 Å². The third kappa shape index (κ3) is 2.98. The van der Waals surface area contributed by atoms with Crippen LogP contribution < -0.4 is 10.6 Å². The molecule has 6 nitrogen and oxygen atoms in total. The lowest BCUT2D eigenvalue weighted by atomic mass is 10.2. The number of hydrogen-bond donors (Lipinski definition) is 3. The molecule has 0 spiro atoms. The molecule has 1 saturated heterocycles. The van der Waals surface area contributed by atoms with Crippen LogP contribution in [0.2, 0.25) is 0 Å². The lowest BCUT2D eigenvalue weighted by molar-refractivity contribution is 0.683. The average Bonchev–Trinajstić information content (AvgIpc) is 2.95. The summed E-state index contributed by atoms with van der Waals surface area (Å²) in [6, 6.07) is 0.487. The second-order valence-electron chi connectivity index (χ2n) is 5.01. The van der Waals surface area contributed by atoms with Crippen LogP contribution in [0.1, 0.15) is 26.2 Å². The van der Waals surface area contributed by atoms with Crippen molar-refractivity contribution in [1.82, 2.24) is 20.2 Å². The van der Waals surface area contributed by atoms with Crippen molar-refractivity contribution in [3.8, 4) is 0 Å². The molecule has 0 amide bonds. The Labute approximate surface area is 122 Å². The third-order valence-electron chi connectivity index (χ3n) is 3.34. The van der Waals surface area contributed by atoms with Gasteiger partial charge in [0.15, 0.2) is 5.65 Å². The largest absolute Gasteiger partial charge is 0.366 e. The molecule has 1 atom stereocenters. The lowest BCUT2D eigenvalue weighted by Crippen LogP contribution is -2.26. The second kappa shape index (κ2) is 6.30. The molecule has 0 radical (unpaired) electrons. The Balaban J connectivity index is 1.84. The molecule has 1 unspecified atom stereocenters. The van der Waals surface area contributed by atoms with Gasteiger partial charge in [-0.1, -0.05) is 6.92 Å². The third-order valence-corrected chi connectivity index (χ3v) is 4.56. The van der Waals surface area contributed by atoms with Gasteiger partial charge in [0.05, 0.1) is 11.6 Å². The molecule has 1 aliphatic rings. The second-order valence-corrected chi connectivity index (χ2v) is 6.16. The monoisotopic (exact) mass is 292 g/mol. The van der Waals surface area contributed by atoms with E-state index in [2.05, 4.69) is 37.7 Å². The molecule has 2 aromatic heterocycles. The summed E-state index contributed by atoms with van der Waals surface area (Å²) in [6.07, 6.45) is 5.31. The first-order valence-electron chi connectivity index (χ1n) is 7.16. The van der Waals surface area contributed by atoms with Crippen molar-refractivity contribution in [2.24, 2.45) is 0 Å². The van der Waals surface area contributed by atoms with E-state index in [0.717, 1.165) is 35.6 Å². The Hall–Kier alpha value is -1.50. The van der Waals surface area contributed by atoms with E-state index in [9.17, 15) is 0 Å². The van der Waals surface area contributed by atoms with E-state index >= 15 is 0 Å². The number of hydrogen-bond acceptors (Lipinski definition) is 6. The number of fused-ring (bicyclic) bond motifs is 1. The van der Waals surface area contributed by atoms with E-state index in [1.807, 2.05) is 11.8 Å². The highest BCUT2D eigenvalue weighted by molar-refractivity contribution is 7.99. The molecule has 0 saturated carbocycles. The van der Waals surface area contributed by atoms with Crippen LogP contribution in [0.3, 0.4) is 0 Å². The Bertz CT molecular complexity index is 563. The van der Waals surface area contributed by atoms with Crippen LogP contribution in [-0.2, 0) is 0 Å². The highest BCUT2D eigenvalue weighted by Crippen LogP contribution is 2.24. The number of rotatable bonds is 5. The summed E-state index contributed by atoms with van der Waals surface area (Å²) in [5, 5.41) is 14.8. The highest BCUT2D eigenvalue weighted by atomic mass is 32.2. The number of aromatic amines is 1. The van der Waals surface area contributed by atoms with E-state index in [1.165, 1.54) is 18.6 Å². The fourth-order valence-corrected chi connectivity index (χ4v) is 3.38. The minimum absolute atomic E-state index is 0.487. The van der Waals surface area contributed by atoms with Crippen molar-refractivity contribution in [2.45, 2.75) is 32.2 Å². The minimum atomic E-state index is 0.487.